The molecule has 6 nitrogen and oxygen atoms in total. The number of carbonyl (C=O) groups excluding carboxylic acids is 1. The highest BCUT2D eigenvalue weighted by atomic mass is 16.4. The summed E-state index contributed by atoms with van der Waals surface area (Å²) >= 11 is 0. The molecule has 0 aromatic carbocycles. The van der Waals surface area contributed by atoms with Gasteiger partial charge in [-0.15, -0.1) is 0 Å². The average Bonchev–Trinajstić information content (AvgIpc) is 2.41. The Bertz CT molecular complexity index is 480. The van der Waals surface area contributed by atoms with Crippen LogP contribution in [0.4, 0.5) is 0 Å². The summed E-state index contributed by atoms with van der Waals surface area (Å²) in [7, 11) is 1.79. The van der Waals surface area contributed by atoms with Crippen molar-refractivity contribution in [1.29, 1.82) is 0 Å². The van der Waals surface area contributed by atoms with Crippen LogP contribution in [-0.2, 0) is 0 Å². The lowest BCUT2D eigenvalue weighted by Gasteiger charge is -2.29. The van der Waals surface area contributed by atoms with Gasteiger partial charge < -0.3 is 15.8 Å². The van der Waals surface area contributed by atoms with Crippen molar-refractivity contribution in [1.82, 2.24) is 9.88 Å². The third-order valence-electron chi connectivity index (χ3n) is 3.49. The van der Waals surface area contributed by atoms with Gasteiger partial charge in [-0.2, -0.15) is 0 Å². The first-order valence-electron chi connectivity index (χ1n) is 6.31. The van der Waals surface area contributed by atoms with Gasteiger partial charge >= 0.3 is 0 Å². The molecular weight excluding hydrogens is 244 g/mol. The van der Waals surface area contributed by atoms with E-state index in [0.29, 0.717) is 17.2 Å². The number of nitrogens with two attached hydrogens (primary N) is 1. The second-order valence-corrected chi connectivity index (χ2v) is 4.90. The van der Waals surface area contributed by atoms with Crippen molar-refractivity contribution in [3.63, 3.8) is 0 Å². The van der Waals surface area contributed by atoms with Crippen molar-refractivity contribution in [2.75, 3.05) is 13.6 Å². The summed E-state index contributed by atoms with van der Waals surface area (Å²) in [6.45, 7) is 0.780. The normalized spacial score (nSPS) is 15.9. The summed E-state index contributed by atoms with van der Waals surface area (Å²) in [5.74, 6) is 0.512. The third-order valence-corrected chi connectivity index (χ3v) is 3.49. The van der Waals surface area contributed by atoms with Crippen LogP contribution in [0.3, 0.4) is 0 Å². The van der Waals surface area contributed by atoms with Crippen LogP contribution in [0.1, 0.15) is 35.3 Å². The number of amidine groups is 1. The van der Waals surface area contributed by atoms with Gasteiger partial charge in [0.1, 0.15) is 5.69 Å². The first-order valence-corrected chi connectivity index (χ1v) is 6.31. The Labute approximate surface area is 111 Å². The van der Waals surface area contributed by atoms with Crippen LogP contribution in [0, 0.1) is 5.92 Å². The van der Waals surface area contributed by atoms with E-state index in [2.05, 4.69) is 10.1 Å². The maximum absolute atomic E-state index is 12.1. The van der Waals surface area contributed by atoms with Gasteiger partial charge in [-0.1, -0.05) is 11.6 Å². The Morgan fingerprint density at radius 3 is 2.79 bits per heavy atom. The lowest BCUT2D eigenvalue weighted by atomic mass is 9.85. The fraction of sp³-hybridized carbons (Fsp3) is 0.462. The Hall–Kier alpha value is -2.11. The van der Waals surface area contributed by atoms with Crippen LogP contribution in [0.2, 0.25) is 0 Å². The standard InChI is InChI=1S/C13H18N4O2/c1-17(8-9-3-2-4-9)13(18)11-6-5-10(7-15-11)12(14)16-19/h5-7,9,19H,2-4,8H2,1H3,(H2,14,16). The summed E-state index contributed by atoms with van der Waals surface area (Å²) in [6, 6.07) is 3.21. The fourth-order valence-corrected chi connectivity index (χ4v) is 2.07. The van der Waals surface area contributed by atoms with Crippen molar-refractivity contribution in [3.05, 3.63) is 29.6 Å². The van der Waals surface area contributed by atoms with Gasteiger partial charge in [-0.3, -0.25) is 9.78 Å². The van der Waals surface area contributed by atoms with Crippen molar-refractivity contribution in [2.45, 2.75) is 19.3 Å². The van der Waals surface area contributed by atoms with E-state index < -0.39 is 0 Å². The summed E-state index contributed by atoms with van der Waals surface area (Å²) in [5, 5.41) is 11.4. The van der Waals surface area contributed by atoms with Gasteiger partial charge in [0.25, 0.3) is 5.91 Å². The average molecular weight is 262 g/mol. The molecule has 1 aromatic heterocycles. The molecule has 1 heterocycles. The molecule has 19 heavy (non-hydrogen) atoms. The predicted octanol–water partition coefficient (Wildman–Crippen LogP) is 1.05. The minimum atomic E-state index is -0.0991. The van der Waals surface area contributed by atoms with E-state index in [1.165, 1.54) is 25.5 Å². The molecule has 102 valence electrons. The Balaban J connectivity index is 2.02. The van der Waals surface area contributed by atoms with Gasteiger partial charge in [-0.25, -0.2) is 0 Å². The predicted molar refractivity (Wildman–Crippen MR) is 71.0 cm³/mol. The molecule has 0 atom stereocenters. The molecule has 0 spiro atoms. The van der Waals surface area contributed by atoms with Crippen LogP contribution >= 0.6 is 0 Å². The van der Waals surface area contributed by atoms with Crippen molar-refractivity contribution < 1.29 is 10.0 Å². The summed E-state index contributed by atoms with van der Waals surface area (Å²) in [6.07, 6.45) is 5.10. The Morgan fingerprint density at radius 2 is 2.32 bits per heavy atom. The highest BCUT2D eigenvalue weighted by Gasteiger charge is 2.22. The number of hydrogen-bond donors (Lipinski definition) is 2. The minimum Gasteiger partial charge on any atom is -0.409 e. The van der Waals surface area contributed by atoms with Gasteiger partial charge in [-0.05, 0) is 30.9 Å². The summed E-state index contributed by atoms with van der Waals surface area (Å²) in [5.41, 5.74) is 6.29. The summed E-state index contributed by atoms with van der Waals surface area (Å²) in [4.78, 5) is 17.9. The highest BCUT2D eigenvalue weighted by Crippen LogP contribution is 2.26. The lowest BCUT2D eigenvalue weighted by molar-refractivity contribution is 0.0739. The molecule has 1 aliphatic carbocycles. The number of pyridine rings is 1. The number of rotatable bonds is 4. The van der Waals surface area contributed by atoms with Gasteiger partial charge in [0.05, 0.1) is 0 Å². The largest absolute Gasteiger partial charge is 0.409 e. The van der Waals surface area contributed by atoms with Crippen LogP contribution in [-0.4, -0.2) is 40.4 Å². The quantitative estimate of drug-likeness (QED) is 0.367. The van der Waals surface area contributed by atoms with E-state index in [4.69, 9.17) is 10.9 Å². The van der Waals surface area contributed by atoms with E-state index in [0.717, 1.165) is 6.54 Å². The monoisotopic (exact) mass is 262 g/mol. The fourth-order valence-electron chi connectivity index (χ4n) is 2.07. The van der Waals surface area contributed by atoms with Crippen LogP contribution in [0.15, 0.2) is 23.5 Å². The van der Waals surface area contributed by atoms with Crippen molar-refractivity contribution in [2.24, 2.45) is 16.8 Å². The molecule has 1 fully saturated rings. The molecule has 1 saturated carbocycles. The van der Waals surface area contributed by atoms with Gasteiger partial charge in [0, 0.05) is 25.4 Å². The maximum Gasteiger partial charge on any atom is 0.272 e. The highest BCUT2D eigenvalue weighted by molar-refractivity contribution is 5.98. The van der Waals surface area contributed by atoms with E-state index in [-0.39, 0.29) is 11.7 Å². The molecule has 0 radical (unpaired) electrons. The molecule has 3 N–H and O–H groups in total. The Morgan fingerprint density at radius 1 is 1.58 bits per heavy atom. The molecule has 0 unspecified atom stereocenters. The minimum absolute atomic E-state index is 0.0191. The number of amides is 1. The molecule has 2 rings (SSSR count). The first-order chi connectivity index (χ1) is 9.11. The van der Waals surface area contributed by atoms with Gasteiger partial charge in [0.2, 0.25) is 0 Å². The Kier molecular flexibility index (Phi) is 3.99. The molecule has 6 heteroatoms. The van der Waals surface area contributed by atoms with E-state index in [1.807, 2.05) is 0 Å². The number of carbonyl (C=O) groups is 1. The number of oxime groups is 1. The number of hydrogen-bond acceptors (Lipinski definition) is 4. The van der Waals surface area contributed by atoms with Crippen LogP contribution in [0.5, 0.6) is 0 Å². The zero-order chi connectivity index (χ0) is 13.8. The van der Waals surface area contributed by atoms with Crippen LogP contribution in [0.25, 0.3) is 0 Å². The first kappa shape index (κ1) is 13.3. The SMILES string of the molecule is CN(CC1CCC1)C(=O)c1ccc(C(N)=NO)cn1. The molecule has 0 saturated heterocycles. The molecule has 0 aliphatic heterocycles. The number of aromatic nitrogens is 1. The molecule has 1 aliphatic rings. The molecular formula is C13H18N4O2. The lowest BCUT2D eigenvalue weighted by Crippen LogP contribution is -2.34. The van der Waals surface area contributed by atoms with Crippen molar-refractivity contribution in [3.8, 4) is 0 Å². The van der Waals surface area contributed by atoms with E-state index >= 15 is 0 Å². The smallest absolute Gasteiger partial charge is 0.272 e. The van der Waals surface area contributed by atoms with Crippen molar-refractivity contribution >= 4 is 11.7 Å². The van der Waals surface area contributed by atoms with E-state index in [1.54, 1.807) is 24.1 Å². The molecule has 1 amide bonds. The second kappa shape index (κ2) is 5.69. The van der Waals surface area contributed by atoms with Gasteiger partial charge in [0.15, 0.2) is 5.84 Å². The maximum atomic E-state index is 12.1. The molecule has 1 aromatic rings. The third kappa shape index (κ3) is 3.01. The van der Waals surface area contributed by atoms with E-state index in [9.17, 15) is 4.79 Å². The summed E-state index contributed by atoms with van der Waals surface area (Å²) < 4.78 is 0. The zero-order valence-electron chi connectivity index (χ0n) is 10.9. The topological polar surface area (TPSA) is 91.8 Å². The van der Waals surface area contributed by atoms with Crippen LogP contribution < -0.4 is 5.73 Å². The zero-order valence-corrected chi connectivity index (χ0v) is 10.9. The second-order valence-electron chi connectivity index (χ2n) is 4.90. The molecule has 0 bridgehead atoms. The number of nitrogens with zero attached hydrogens (tertiary/aromatic N) is 3.